The van der Waals surface area contributed by atoms with Crippen LogP contribution in [0.2, 0.25) is 0 Å². The normalized spacial score (nSPS) is 11.6. The molecule has 1 heterocycles. The molecule has 3 aromatic rings. The minimum atomic E-state index is -0.787. The van der Waals surface area contributed by atoms with Gasteiger partial charge in [-0.05, 0) is 54.3 Å². The van der Waals surface area contributed by atoms with Crippen molar-refractivity contribution in [1.82, 2.24) is 21.2 Å². The van der Waals surface area contributed by atoms with Crippen LogP contribution in [-0.2, 0) is 16.0 Å². The third-order valence-electron chi connectivity index (χ3n) is 4.94. The van der Waals surface area contributed by atoms with E-state index in [-0.39, 0.29) is 18.2 Å². The van der Waals surface area contributed by atoms with Gasteiger partial charge >= 0.3 is 0 Å². The molecule has 3 rings (SSSR count). The Morgan fingerprint density at radius 3 is 2.53 bits per heavy atom. The number of hydrogen-bond donors (Lipinski definition) is 4. The number of thioether (sulfide) groups is 1. The van der Waals surface area contributed by atoms with E-state index in [4.69, 9.17) is 4.74 Å². The van der Waals surface area contributed by atoms with Crippen molar-refractivity contribution in [1.29, 1.82) is 0 Å². The van der Waals surface area contributed by atoms with Crippen molar-refractivity contribution in [3.63, 3.8) is 0 Å². The number of aromatic amines is 1. The van der Waals surface area contributed by atoms with Gasteiger partial charge in [-0.25, -0.2) is 0 Å². The van der Waals surface area contributed by atoms with Crippen LogP contribution in [0.3, 0.4) is 0 Å². The second-order valence-electron chi connectivity index (χ2n) is 7.11. The number of fused-ring (bicyclic) bond motifs is 1. The molecule has 0 spiro atoms. The number of H-pyrrole nitrogens is 1. The van der Waals surface area contributed by atoms with Crippen molar-refractivity contribution in [2.75, 3.05) is 19.1 Å². The highest BCUT2D eigenvalue weighted by molar-refractivity contribution is 7.98. The molecule has 0 radical (unpaired) electrons. The van der Waals surface area contributed by atoms with Gasteiger partial charge in [-0.1, -0.05) is 18.2 Å². The van der Waals surface area contributed by atoms with Gasteiger partial charge in [0.2, 0.25) is 5.91 Å². The van der Waals surface area contributed by atoms with E-state index in [0.29, 0.717) is 23.5 Å². The summed E-state index contributed by atoms with van der Waals surface area (Å²) in [7, 11) is 1.55. The molecule has 0 saturated carbocycles. The second kappa shape index (κ2) is 11.2. The zero-order valence-electron chi connectivity index (χ0n) is 17.9. The average molecular weight is 455 g/mol. The molecule has 1 aromatic heterocycles. The van der Waals surface area contributed by atoms with Crippen molar-refractivity contribution in [3.8, 4) is 5.75 Å². The number of methoxy groups -OCH3 is 1. The van der Waals surface area contributed by atoms with Crippen LogP contribution in [0.25, 0.3) is 10.9 Å². The zero-order chi connectivity index (χ0) is 22.9. The Morgan fingerprint density at radius 2 is 1.81 bits per heavy atom. The number of aromatic nitrogens is 1. The fraction of sp³-hybridized carbons (Fsp3) is 0.261. The van der Waals surface area contributed by atoms with Crippen molar-refractivity contribution in [2.24, 2.45) is 0 Å². The van der Waals surface area contributed by atoms with E-state index >= 15 is 0 Å². The lowest BCUT2D eigenvalue weighted by molar-refractivity contribution is -0.129. The van der Waals surface area contributed by atoms with Gasteiger partial charge in [0.05, 0.1) is 13.5 Å². The first-order chi connectivity index (χ1) is 15.5. The molecule has 0 bridgehead atoms. The van der Waals surface area contributed by atoms with E-state index in [0.717, 1.165) is 16.5 Å². The van der Waals surface area contributed by atoms with Crippen LogP contribution < -0.4 is 20.9 Å². The maximum absolute atomic E-state index is 12.7. The molecule has 0 saturated heterocycles. The number of para-hydroxylation sites is 1. The van der Waals surface area contributed by atoms with Crippen molar-refractivity contribution in [2.45, 2.75) is 18.9 Å². The predicted molar refractivity (Wildman–Crippen MR) is 126 cm³/mol. The highest BCUT2D eigenvalue weighted by Gasteiger charge is 2.22. The SMILES string of the molecule is COc1ccc(C(=O)N[C@@H](CCSC)C(=O)NNC(=O)Cc2c[nH]c3ccccc23)cc1. The number of rotatable bonds is 9. The van der Waals surface area contributed by atoms with Crippen molar-refractivity contribution in [3.05, 3.63) is 65.9 Å². The molecule has 0 aliphatic carbocycles. The minimum absolute atomic E-state index is 0.109. The second-order valence-corrected chi connectivity index (χ2v) is 8.10. The van der Waals surface area contributed by atoms with Crippen LogP contribution in [0.5, 0.6) is 5.75 Å². The summed E-state index contributed by atoms with van der Waals surface area (Å²) in [6, 6.07) is 13.5. The molecule has 4 N–H and O–H groups in total. The summed E-state index contributed by atoms with van der Waals surface area (Å²) in [6.07, 6.45) is 4.23. The van der Waals surface area contributed by atoms with Gasteiger partial charge in [-0.2, -0.15) is 11.8 Å². The molecule has 0 aliphatic rings. The van der Waals surface area contributed by atoms with Gasteiger partial charge in [0.25, 0.3) is 11.8 Å². The van der Waals surface area contributed by atoms with Crippen LogP contribution in [0, 0.1) is 0 Å². The molecule has 9 heteroatoms. The van der Waals surface area contributed by atoms with Crippen LogP contribution >= 0.6 is 11.8 Å². The summed E-state index contributed by atoms with van der Waals surface area (Å²) >= 11 is 1.56. The first-order valence-corrected chi connectivity index (χ1v) is 11.5. The Bertz CT molecular complexity index is 1080. The third-order valence-corrected chi connectivity index (χ3v) is 5.58. The molecule has 2 aromatic carbocycles. The Balaban J connectivity index is 1.57. The van der Waals surface area contributed by atoms with E-state index in [1.807, 2.05) is 30.5 Å². The van der Waals surface area contributed by atoms with Gasteiger partial charge < -0.3 is 15.0 Å². The van der Waals surface area contributed by atoms with Gasteiger partial charge in [0.15, 0.2) is 0 Å². The fourth-order valence-electron chi connectivity index (χ4n) is 3.20. The molecule has 168 valence electrons. The van der Waals surface area contributed by atoms with Crippen LogP contribution in [0.4, 0.5) is 0 Å². The van der Waals surface area contributed by atoms with E-state index in [2.05, 4.69) is 21.2 Å². The van der Waals surface area contributed by atoms with Gasteiger partial charge in [-0.3, -0.25) is 25.2 Å². The van der Waals surface area contributed by atoms with Crippen LogP contribution in [-0.4, -0.2) is 47.9 Å². The summed E-state index contributed by atoms with van der Waals surface area (Å²) in [4.78, 5) is 40.7. The minimum Gasteiger partial charge on any atom is -0.497 e. The molecule has 0 fully saturated rings. The lowest BCUT2D eigenvalue weighted by Gasteiger charge is -2.18. The third kappa shape index (κ3) is 6.04. The number of hydrogen-bond acceptors (Lipinski definition) is 5. The number of nitrogens with one attached hydrogen (secondary N) is 4. The topological polar surface area (TPSA) is 112 Å². The molecular formula is C23H26N4O4S. The molecule has 32 heavy (non-hydrogen) atoms. The molecule has 0 unspecified atom stereocenters. The summed E-state index contributed by atoms with van der Waals surface area (Å²) < 4.78 is 5.10. The lowest BCUT2D eigenvalue weighted by atomic mass is 10.1. The number of hydrazine groups is 1. The highest BCUT2D eigenvalue weighted by Crippen LogP contribution is 2.18. The van der Waals surface area contributed by atoms with Gasteiger partial charge in [0.1, 0.15) is 11.8 Å². The Hall–Kier alpha value is -3.46. The maximum atomic E-state index is 12.7. The largest absolute Gasteiger partial charge is 0.497 e. The Kier molecular flexibility index (Phi) is 8.15. The predicted octanol–water partition coefficient (Wildman–Crippen LogP) is 2.42. The maximum Gasteiger partial charge on any atom is 0.260 e. The quantitative estimate of drug-likeness (QED) is 0.371. The average Bonchev–Trinajstić information content (AvgIpc) is 3.22. The molecule has 1 atom stereocenters. The lowest BCUT2D eigenvalue weighted by Crippen LogP contribution is -2.52. The summed E-state index contributed by atoms with van der Waals surface area (Å²) in [5.41, 5.74) is 7.07. The van der Waals surface area contributed by atoms with Crippen molar-refractivity contribution < 1.29 is 19.1 Å². The number of amides is 3. The van der Waals surface area contributed by atoms with E-state index in [1.54, 1.807) is 49.3 Å². The molecule has 0 aliphatic heterocycles. The van der Waals surface area contributed by atoms with Crippen LogP contribution in [0.1, 0.15) is 22.3 Å². The first kappa shape index (κ1) is 23.2. The smallest absolute Gasteiger partial charge is 0.260 e. The van der Waals surface area contributed by atoms with Crippen LogP contribution in [0.15, 0.2) is 54.7 Å². The standard InChI is InChI=1S/C23H26N4O4S/c1-31-17-9-7-15(8-10-17)22(29)25-20(11-12-32-2)23(30)27-26-21(28)13-16-14-24-19-6-4-3-5-18(16)19/h3-10,14,20,24H,11-13H2,1-2H3,(H,25,29)(H,26,28)(H,27,30)/t20-/m0/s1. The molecule has 8 nitrogen and oxygen atoms in total. The van der Waals surface area contributed by atoms with E-state index < -0.39 is 11.9 Å². The Labute approximate surface area is 190 Å². The highest BCUT2D eigenvalue weighted by atomic mass is 32.2. The summed E-state index contributed by atoms with van der Waals surface area (Å²) in [5.74, 6) is 0.0983. The number of carbonyl (C=O) groups excluding carboxylic acids is 3. The fourth-order valence-corrected chi connectivity index (χ4v) is 3.67. The first-order valence-electron chi connectivity index (χ1n) is 10.1. The monoisotopic (exact) mass is 454 g/mol. The van der Waals surface area contributed by atoms with Gasteiger partial charge in [-0.15, -0.1) is 0 Å². The van der Waals surface area contributed by atoms with E-state index in [9.17, 15) is 14.4 Å². The van der Waals surface area contributed by atoms with Crippen molar-refractivity contribution >= 4 is 40.4 Å². The zero-order valence-corrected chi connectivity index (χ0v) is 18.8. The Morgan fingerprint density at radius 1 is 1.06 bits per heavy atom. The molecule has 3 amide bonds. The number of ether oxygens (including phenoxy) is 1. The van der Waals surface area contributed by atoms with E-state index in [1.165, 1.54) is 0 Å². The summed E-state index contributed by atoms with van der Waals surface area (Å²) in [6.45, 7) is 0. The van der Waals surface area contributed by atoms with Gasteiger partial charge in [0, 0.05) is 22.7 Å². The molecular weight excluding hydrogens is 428 g/mol. The number of benzene rings is 2. The number of carbonyl (C=O) groups is 3. The summed E-state index contributed by atoms with van der Waals surface area (Å²) in [5, 5.41) is 3.69.